The van der Waals surface area contributed by atoms with Gasteiger partial charge in [0.15, 0.2) is 4.34 Å². The molecule has 0 saturated heterocycles. The van der Waals surface area contributed by atoms with Crippen molar-refractivity contribution < 1.29 is 9.72 Å². The number of nitrogens with one attached hydrogen (secondary N) is 1. The summed E-state index contributed by atoms with van der Waals surface area (Å²) in [6, 6.07) is 7.12. The summed E-state index contributed by atoms with van der Waals surface area (Å²) in [6.07, 6.45) is 4.69. The number of nitrogens with zero attached hydrogens (tertiary/aromatic N) is 6. The Bertz CT molecular complexity index is 955. The molecule has 12 heteroatoms. The molecule has 0 aliphatic heterocycles. The summed E-state index contributed by atoms with van der Waals surface area (Å²) in [5.74, 6) is -0.00905. The number of amides is 1. The van der Waals surface area contributed by atoms with Crippen molar-refractivity contribution in [2.45, 2.75) is 42.1 Å². The predicted molar refractivity (Wildman–Crippen MR) is 105 cm³/mol. The van der Waals surface area contributed by atoms with E-state index in [0.29, 0.717) is 27.3 Å². The second-order valence-electron chi connectivity index (χ2n) is 5.75. The first-order valence-electron chi connectivity index (χ1n) is 8.53. The zero-order valence-corrected chi connectivity index (χ0v) is 16.6. The molecule has 1 aromatic carbocycles. The molecule has 3 aromatic rings. The first kappa shape index (κ1) is 19.9. The van der Waals surface area contributed by atoms with Gasteiger partial charge in [-0.3, -0.25) is 14.9 Å². The van der Waals surface area contributed by atoms with Gasteiger partial charge in [-0.25, -0.2) is 4.98 Å². The van der Waals surface area contributed by atoms with Crippen LogP contribution in [0.4, 0.5) is 10.7 Å². The lowest BCUT2D eigenvalue weighted by Crippen LogP contribution is -2.11. The van der Waals surface area contributed by atoms with E-state index in [-0.39, 0.29) is 10.9 Å². The third kappa shape index (κ3) is 5.10. The Morgan fingerprint density at radius 1 is 1.32 bits per heavy atom. The minimum absolute atomic E-state index is 0.00905. The predicted octanol–water partition coefficient (Wildman–Crippen LogP) is 3.70. The van der Waals surface area contributed by atoms with Gasteiger partial charge in [-0.1, -0.05) is 19.8 Å². The molecule has 0 spiro atoms. The van der Waals surface area contributed by atoms with Crippen molar-refractivity contribution in [2.75, 3.05) is 5.32 Å². The summed E-state index contributed by atoms with van der Waals surface area (Å²) in [6.45, 7) is 2.10. The largest absolute Gasteiger partial charge is 0.344 e. The van der Waals surface area contributed by atoms with Crippen LogP contribution in [0.25, 0.3) is 5.69 Å². The van der Waals surface area contributed by atoms with E-state index in [2.05, 4.69) is 32.7 Å². The van der Waals surface area contributed by atoms with Gasteiger partial charge in [-0.2, -0.15) is 4.68 Å². The van der Waals surface area contributed by atoms with Crippen LogP contribution >= 0.6 is 23.1 Å². The van der Waals surface area contributed by atoms with Crippen molar-refractivity contribution in [3.63, 3.8) is 0 Å². The number of nitro groups is 1. The lowest BCUT2D eigenvalue weighted by atomic mass is 10.2. The average Bonchev–Trinajstić information content (AvgIpc) is 3.33. The van der Waals surface area contributed by atoms with Gasteiger partial charge in [0.1, 0.15) is 6.20 Å². The van der Waals surface area contributed by atoms with Crippen LogP contribution in [0.5, 0.6) is 0 Å². The molecular formula is C16H17N7O3S2. The number of carbonyl (C=O) groups excluding carboxylic acids is 1. The smallest absolute Gasteiger partial charge is 0.326 e. The van der Waals surface area contributed by atoms with E-state index in [0.717, 1.165) is 42.4 Å². The van der Waals surface area contributed by atoms with Crippen LogP contribution in [0.1, 0.15) is 32.6 Å². The van der Waals surface area contributed by atoms with Gasteiger partial charge in [0.25, 0.3) is 0 Å². The zero-order valence-electron chi connectivity index (χ0n) is 14.9. The molecule has 0 aliphatic rings. The van der Waals surface area contributed by atoms with Crippen LogP contribution in [0.3, 0.4) is 0 Å². The molecule has 2 aromatic heterocycles. The van der Waals surface area contributed by atoms with Crippen molar-refractivity contribution in [1.29, 1.82) is 0 Å². The van der Waals surface area contributed by atoms with Crippen molar-refractivity contribution in [2.24, 2.45) is 0 Å². The van der Waals surface area contributed by atoms with E-state index in [9.17, 15) is 14.9 Å². The zero-order chi connectivity index (χ0) is 19.9. The number of hydrogen-bond donors (Lipinski definition) is 1. The van der Waals surface area contributed by atoms with Crippen LogP contribution in [-0.4, -0.2) is 36.0 Å². The van der Waals surface area contributed by atoms with E-state index >= 15 is 0 Å². The van der Waals surface area contributed by atoms with E-state index in [4.69, 9.17) is 0 Å². The molecule has 1 amide bonds. The Balaban J connectivity index is 1.66. The monoisotopic (exact) mass is 419 g/mol. The van der Waals surface area contributed by atoms with E-state index in [1.54, 1.807) is 24.3 Å². The highest BCUT2D eigenvalue weighted by atomic mass is 32.2. The number of benzene rings is 1. The molecule has 146 valence electrons. The number of hydrogen-bond acceptors (Lipinski definition) is 9. The molecule has 0 fully saturated rings. The van der Waals surface area contributed by atoms with Crippen molar-refractivity contribution in [3.8, 4) is 5.69 Å². The molecule has 0 radical (unpaired) electrons. The first-order valence-corrected chi connectivity index (χ1v) is 10.2. The second kappa shape index (κ2) is 9.37. The van der Waals surface area contributed by atoms with Gasteiger partial charge in [0, 0.05) is 12.1 Å². The average molecular weight is 419 g/mol. The Labute approximate surface area is 168 Å². The fourth-order valence-corrected chi connectivity index (χ4v) is 3.99. The Hall–Kier alpha value is -2.86. The Morgan fingerprint density at radius 2 is 2.11 bits per heavy atom. The molecule has 10 nitrogen and oxygen atoms in total. The maximum Gasteiger partial charge on any atom is 0.344 e. The highest BCUT2D eigenvalue weighted by molar-refractivity contribution is 8.00. The summed E-state index contributed by atoms with van der Waals surface area (Å²) < 4.78 is 1.98. The summed E-state index contributed by atoms with van der Waals surface area (Å²) in [5.41, 5.74) is 1.39. The van der Waals surface area contributed by atoms with Crippen molar-refractivity contribution >= 4 is 39.7 Å². The lowest BCUT2D eigenvalue weighted by molar-refractivity contribution is -0.380. The number of aromatic nitrogens is 5. The van der Waals surface area contributed by atoms with E-state index in [1.165, 1.54) is 10.9 Å². The lowest BCUT2D eigenvalue weighted by Gasteiger charge is -2.07. The van der Waals surface area contributed by atoms with Gasteiger partial charge in [-0.15, -0.1) is 5.10 Å². The number of carbonyl (C=O) groups is 1. The summed E-state index contributed by atoms with van der Waals surface area (Å²) in [7, 11) is 0. The number of rotatable bonds is 9. The van der Waals surface area contributed by atoms with Gasteiger partial charge >= 0.3 is 5.00 Å². The van der Waals surface area contributed by atoms with Crippen LogP contribution in [0, 0.1) is 10.1 Å². The number of anilines is 1. The van der Waals surface area contributed by atoms with Gasteiger partial charge < -0.3 is 5.32 Å². The minimum atomic E-state index is -0.486. The minimum Gasteiger partial charge on any atom is -0.326 e. The van der Waals surface area contributed by atoms with Gasteiger partial charge in [0.05, 0.1) is 10.6 Å². The number of thiazole rings is 1. The van der Waals surface area contributed by atoms with E-state index < -0.39 is 4.92 Å². The molecule has 0 unspecified atom stereocenters. The normalized spacial score (nSPS) is 10.8. The van der Waals surface area contributed by atoms with E-state index in [1.807, 2.05) is 0 Å². The van der Waals surface area contributed by atoms with Crippen molar-refractivity contribution in [3.05, 3.63) is 40.6 Å². The molecule has 0 aliphatic carbocycles. The molecule has 28 heavy (non-hydrogen) atoms. The van der Waals surface area contributed by atoms with Crippen molar-refractivity contribution in [1.82, 2.24) is 25.2 Å². The van der Waals surface area contributed by atoms with Gasteiger partial charge in [-0.05, 0) is 64.2 Å². The van der Waals surface area contributed by atoms with Crippen LogP contribution in [-0.2, 0) is 4.79 Å². The Kier molecular flexibility index (Phi) is 6.66. The van der Waals surface area contributed by atoms with Crippen LogP contribution < -0.4 is 5.32 Å². The maximum absolute atomic E-state index is 11.9. The number of unbranched alkanes of at least 4 members (excludes halogenated alkanes) is 2. The fourth-order valence-electron chi connectivity index (χ4n) is 2.31. The Morgan fingerprint density at radius 3 is 2.79 bits per heavy atom. The third-order valence-corrected chi connectivity index (χ3v) is 5.64. The SMILES string of the molecule is CCCCCC(=O)Nc1ccc(-n2nnnc2Sc2ncc([N+](=O)[O-])s2)cc1. The first-order chi connectivity index (χ1) is 13.6. The standard InChI is InChI=1S/C16H17N7O3S2/c1-2-3-4-5-13(24)18-11-6-8-12(9-7-11)22-15(19-20-21-22)28-16-17-10-14(27-16)23(25)26/h6-10H,2-5H2,1H3,(H,18,24). The second-order valence-corrected chi connectivity index (χ2v) is 7.97. The molecule has 3 rings (SSSR count). The molecule has 0 saturated carbocycles. The summed E-state index contributed by atoms with van der Waals surface area (Å²) >= 11 is 2.10. The molecule has 1 N–H and O–H groups in total. The quantitative estimate of drug-likeness (QED) is 0.316. The highest BCUT2D eigenvalue weighted by Crippen LogP contribution is 2.33. The number of tetrazole rings is 1. The van der Waals surface area contributed by atoms with Crippen LogP contribution in [0.2, 0.25) is 0 Å². The highest BCUT2D eigenvalue weighted by Gasteiger charge is 2.16. The molecule has 0 bridgehead atoms. The topological polar surface area (TPSA) is 129 Å². The molecular weight excluding hydrogens is 402 g/mol. The molecule has 0 atom stereocenters. The van der Waals surface area contributed by atoms with Crippen LogP contribution in [0.15, 0.2) is 40.0 Å². The third-order valence-electron chi connectivity index (χ3n) is 3.67. The maximum atomic E-state index is 11.9. The molecule has 2 heterocycles. The van der Waals surface area contributed by atoms with Gasteiger partial charge in [0.2, 0.25) is 11.1 Å². The fraction of sp³-hybridized carbons (Fsp3) is 0.312. The summed E-state index contributed by atoms with van der Waals surface area (Å²) in [5, 5.41) is 25.6. The summed E-state index contributed by atoms with van der Waals surface area (Å²) in [4.78, 5) is 26.2.